The molecule has 0 saturated carbocycles. The van der Waals surface area contributed by atoms with E-state index in [0.717, 1.165) is 16.3 Å². The number of hydrazone groups is 1. The predicted molar refractivity (Wildman–Crippen MR) is 149 cm³/mol. The molecule has 210 valence electrons. The van der Waals surface area contributed by atoms with Crippen LogP contribution in [0, 0.1) is 0 Å². The summed E-state index contributed by atoms with van der Waals surface area (Å²) >= 11 is 0. The first-order chi connectivity index (χ1) is 19.4. The first-order valence-electron chi connectivity index (χ1n) is 12.6. The Balaban J connectivity index is 1.47. The van der Waals surface area contributed by atoms with E-state index in [0.29, 0.717) is 35.1 Å². The van der Waals surface area contributed by atoms with Crippen molar-refractivity contribution in [3.63, 3.8) is 0 Å². The maximum Gasteiger partial charge on any atom is 0.337 e. The third-order valence-electron chi connectivity index (χ3n) is 6.24. The number of aliphatic hydroxyl groups is 1. The number of aliphatic hydroxyl groups excluding tert-OH is 1. The van der Waals surface area contributed by atoms with Crippen molar-refractivity contribution in [1.82, 2.24) is 16.1 Å². The topological polar surface area (TPSA) is 140 Å². The van der Waals surface area contributed by atoms with Gasteiger partial charge in [-0.05, 0) is 48.4 Å². The summed E-state index contributed by atoms with van der Waals surface area (Å²) in [6.07, 6.45) is 0.457. The Hall–Kier alpha value is -4.77. The van der Waals surface area contributed by atoms with Gasteiger partial charge in [0.2, 0.25) is 0 Å². The van der Waals surface area contributed by atoms with Crippen LogP contribution in [0.3, 0.4) is 0 Å². The lowest BCUT2D eigenvalue weighted by Gasteiger charge is -2.28. The van der Waals surface area contributed by atoms with Gasteiger partial charge in [0.25, 0.3) is 0 Å². The highest BCUT2D eigenvalue weighted by Gasteiger charge is 2.32. The number of urea groups is 1. The molecule has 3 aromatic rings. The van der Waals surface area contributed by atoms with Gasteiger partial charge >= 0.3 is 12.0 Å². The average Bonchev–Trinajstić information content (AvgIpc) is 2.96. The third-order valence-corrected chi connectivity index (χ3v) is 6.24. The number of nitrogens with one attached hydrogen (secondary N) is 3. The molecule has 0 saturated heterocycles. The summed E-state index contributed by atoms with van der Waals surface area (Å²) in [6.45, 7) is 3.65. The summed E-state index contributed by atoms with van der Waals surface area (Å²) < 4.78 is 21.9. The second-order valence-corrected chi connectivity index (χ2v) is 8.82. The molecule has 3 aromatic carbocycles. The molecule has 11 nitrogen and oxygen atoms in total. The molecule has 1 heterocycles. The van der Waals surface area contributed by atoms with Crippen LogP contribution in [0.4, 0.5) is 4.79 Å². The molecule has 11 heteroatoms. The second-order valence-electron chi connectivity index (χ2n) is 8.82. The van der Waals surface area contributed by atoms with Gasteiger partial charge < -0.3 is 34.7 Å². The Morgan fingerprint density at radius 2 is 1.88 bits per heavy atom. The fourth-order valence-corrected chi connectivity index (χ4v) is 4.40. The largest absolute Gasteiger partial charge is 0.496 e. The maximum absolute atomic E-state index is 12.4. The van der Waals surface area contributed by atoms with E-state index in [1.807, 2.05) is 43.3 Å². The van der Waals surface area contributed by atoms with Crippen LogP contribution in [-0.2, 0) is 9.53 Å². The van der Waals surface area contributed by atoms with Gasteiger partial charge in [-0.25, -0.2) is 9.59 Å². The van der Waals surface area contributed by atoms with Gasteiger partial charge in [-0.1, -0.05) is 36.4 Å². The molecule has 40 heavy (non-hydrogen) atoms. The SMILES string of the molecule is CCOc1cc([C@@H]2NC(=O)NC(C)=C2C(=O)OC)ccc1OC[C@@H](O)N/N=C/c1c(OC)ccc2ccccc12. The standard InChI is InChI=1S/C29H32N4O7/c1-5-39-24-14-19(27-26(28(35)38-4)17(2)31-29(36)32-27)11-13-23(24)40-16-25(34)33-30-15-21-20-9-7-6-8-18(20)10-12-22(21)37-3/h6-15,25,27,33-34H,5,16H2,1-4H3,(H2,31,32,36)/b30-15+/t25-,27+/m1/s1. The number of carbonyl (C=O) groups excluding carboxylic acids is 2. The van der Waals surface area contributed by atoms with E-state index < -0.39 is 24.3 Å². The molecule has 0 aliphatic carbocycles. The number of benzene rings is 3. The lowest BCUT2D eigenvalue weighted by molar-refractivity contribution is -0.136. The molecule has 0 radical (unpaired) electrons. The van der Waals surface area contributed by atoms with E-state index in [1.54, 1.807) is 38.4 Å². The van der Waals surface area contributed by atoms with Gasteiger partial charge in [-0.3, -0.25) is 5.43 Å². The minimum atomic E-state index is -1.13. The van der Waals surface area contributed by atoms with Crippen LogP contribution < -0.4 is 30.3 Å². The van der Waals surface area contributed by atoms with E-state index >= 15 is 0 Å². The average molecular weight is 549 g/mol. The van der Waals surface area contributed by atoms with E-state index in [9.17, 15) is 14.7 Å². The van der Waals surface area contributed by atoms with E-state index in [4.69, 9.17) is 18.9 Å². The molecule has 0 fully saturated rings. The van der Waals surface area contributed by atoms with E-state index in [-0.39, 0.29) is 12.2 Å². The maximum atomic E-state index is 12.4. The first-order valence-corrected chi connectivity index (χ1v) is 12.6. The number of methoxy groups -OCH3 is 2. The molecule has 1 aliphatic rings. The number of hydrogen-bond acceptors (Lipinski definition) is 9. The van der Waals surface area contributed by atoms with Crippen molar-refractivity contribution < 1.29 is 33.6 Å². The number of hydrogen-bond donors (Lipinski definition) is 4. The fraction of sp³-hybridized carbons (Fsp3) is 0.276. The zero-order valence-corrected chi connectivity index (χ0v) is 22.7. The molecule has 2 atom stereocenters. The van der Waals surface area contributed by atoms with Crippen LogP contribution in [0.25, 0.3) is 10.8 Å². The molecule has 1 aliphatic heterocycles. The molecular formula is C29H32N4O7. The summed E-state index contributed by atoms with van der Waals surface area (Å²) in [5.41, 5.74) is 4.70. The van der Waals surface area contributed by atoms with Gasteiger partial charge in [0, 0.05) is 11.3 Å². The molecule has 0 bridgehead atoms. The molecule has 0 spiro atoms. The Morgan fingerprint density at radius 3 is 2.62 bits per heavy atom. The lowest BCUT2D eigenvalue weighted by atomic mass is 9.95. The minimum Gasteiger partial charge on any atom is -0.496 e. The number of rotatable bonds is 11. The number of allylic oxidation sites excluding steroid dienone is 1. The van der Waals surface area contributed by atoms with Gasteiger partial charge in [-0.15, -0.1) is 0 Å². The van der Waals surface area contributed by atoms with Crippen molar-refractivity contribution in [2.45, 2.75) is 26.1 Å². The lowest BCUT2D eigenvalue weighted by Crippen LogP contribution is -2.45. The Bertz CT molecular complexity index is 1450. The quantitative estimate of drug-likeness (QED) is 0.124. The second kappa shape index (κ2) is 12.9. The molecule has 0 aromatic heterocycles. The number of ether oxygens (including phenoxy) is 4. The normalized spacial score (nSPS) is 15.8. The van der Waals surface area contributed by atoms with Crippen LogP contribution in [0.1, 0.15) is 31.0 Å². The van der Waals surface area contributed by atoms with E-state index in [2.05, 4.69) is 21.2 Å². The van der Waals surface area contributed by atoms with Crippen LogP contribution in [-0.4, -0.2) is 57.0 Å². The predicted octanol–water partition coefficient (Wildman–Crippen LogP) is 3.37. The van der Waals surface area contributed by atoms with Gasteiger partial charge in [0.1, 0.15) is 12.4 Å². The van der Waals surface area contributed by atoms with Gasteiger partial charge in [0.05, 0.1) is 38.7 Å². The molecule has 4 rings (SSSR count). The molecule has 4 N–H and O–H groups in total. The fourth-order valence-electron chi connectivity index (χ4n) is 4.40. The highest BCUT2D eigenvalue weighted by molar-refractivity contribution is 6.02. The zero-order chi connectivity index (χ0) is 28.6. The highest BCUT2D eigenvalue weighted by atomic mass is 16.5. The number of fused-ring (bicyclic) bond motifs is 1. The number of nitrogens with zero attached hydrogens (tertiary/aromatic N) is 1. The van der Waals surface area contributed by atoms with Crippen molar-refractivity contribution in [3.05, 3.63) is 77.0 Å². The van der Waals surface area contributed by atoms with Crippen molar-refractivity contribution in [3.8, 4) is 17.2 Å². The number of amides is 2. The first kappa shape index (κ1) is 28.2. The van der Waals surface area contributed by atoms with Crippen molar-refractivity contribution in [2.75, 3.05) is 27.4 Å². The smallest absolute Gasteiger partial charge is 0.337 e. The summed E-state index contributed by atoms with van der Waals surface area (Å²) in [6, 6.07) is 15.5. The molecule has 2 amide bonds. The summed E-state index contributed by atoms with van der Waals surface area (Å²) in [7, 11) is 2.87. The third kappa shape index (κ3) is 6.26. The minimum absolute atomic E-state index is 0.139. The van der Waals surface area contributed by atoms with Gasteiger partial charge in [0.15, 0.2) is 17.7 Å². The van der Waals surface area contributed by atoms with Crippen LogP contribution in [0.2, 0.25) is 0 Å². The van der Waals surface area contributed by atoms with Crippen molar-refractivity contribution in [1.29, 1.82) is 0 Å². The van der Waals surface area contributed by atoms with E-state index in [1.165, 1.54) is 7.11 Å². The summed E-state index contributed by atoms with van der Waals surface area (Å²) in [5, 5.41) is 22.0. The Labute approximate surface area is 231 Å². The molecule has 0 unspecified atom stereocenters. The van der Waals surface area contributed by atoms with Crippen LogP contribution in [0.5, 0.6) is 17.2 Å². The van der Waals surface area contributed by atoms with Crippen molar-refractivity contribution in [2.24, 2.45) is 5.10 Å². The van der Waals surface area contributed by atoms with Crippen LogP contribution >= 0.6 is 0 Å². The number of esters is 1. The Kier molecular flexibility index (Phi) is 9.07. The van der Waals surface area contributed by atoms with Crippen molar-refractivity contribution >= 4 is 29.0 Å². The van der Waals surface area contributed by atoms with Gasteiger partial charge in [-0.2, -0.15) is 5.10 Å². The zero-order valence-electron chi connectivity index (χ0n) is 22.7. The highest BCUT2D eigenvalue weighted by Crippen LogP contribution is 2.35. The molecular weight excluding hydrogens is 516 g/mol. The number of carbonyl (C=O) groups is 2. The Morgan fingerprint density at radius 1 is 1.10 bits per heavy atom. The summed E-state index contributed by atoms with van der Waals surface area (Å²) in [5.74, 6) is 0.837. The monoisotopic (exact) mass is 548 g/mol. The summed E-state index contributed by atoms with van der Waals surface area (Å²) in [4.78, 5) is 24.5. The van der Waals surface area contributed by atoms with Crippen LogP contribution in [0.15, 0.2) is 71.0 Å².